The molecule has 0 aromatic heterocycles. The lowest BCUT2D eigenvalue weighted by Gasteiger charge is -2.20. The fourth-order valence-corrected chi connectivity index (χ4v) is 1.69. The quantitative estimate of drug-likeness (QED) is 0.697. The molecule has 98 valence electrons. The van der Waals surface area contributed by atoms with Gasteiger partial charge in [0.25, 0.3) is 0 Å². The third-order valence-corrected chi connectivity index (χ3v) is 2.59. The van der Waals surface area contributed by atoms with Gasteiger partial charge in [0, 0.05) is 12.6 Å². The Hall–Kier alpha value is -0.0951. The van der Waals surface area contributed by atoms with E-state index in [2.05, 4.69) is 0 Å². The summed E-state index contributed by atoms with van der Waals surface area (Å²) in [7, 11) is 5.79. The van der Waals surface area contributed by atoms with Crippen molar-refractivity contribution in [1.29, 1.82) is 0 Å². The average molecular weight is 242 g/mol. The van der Waals surface area contributed by atoms with Gasteiger partial charge in [0.15, 0.2) is 0 Å². The molecule has 4 atom stereocenters. The van der Waals surface area contributed by atoms with Gasteiger partial charge >= 0.3 is 0 Å². The van der Waals surface area contributed by atoms with Gasteiger partial charge in [-0.3, -0.25) is 0 Å². The molecule has 1 fully saturated rings. The van der Waals surface area contributed by atoms with E-state index in [4.69, 9.17) is 22.1 Å². The third kappa shape index (κ3) is 4.58. The van der Waals surface area contributed by atoms with Crippen molar-refractivity contribution in [3.8, 4) is 0 Å². The van der Waals surface area contributed by atoms with E-state index in [9.17, 15) is 5.11 Å². The highest BCUT2D eigenvalue weighted by Gasteiger charge is 2.41. The van der Waals surface area contributed by atoms with Crippen molar-refractivity contribution in [2.24, 2.45) is 5.92 Å². The molecule has 1 saturated heterocycles. The van der Waals surface area contributed by atoms with E-state index >= 15 is 0 Å². The van der Waals surface area contributed by atoms with Crippen molar-refractivity contribution in [2.45, 2.75) is 58.1 Å². The third-order valence-electron chi connectivity index (χ3n) is 2.59. The van der Waals surface area contributed by atoms with Crippen molar-refractivity contribution >= 4 is 7.85 Å². The summed E-state index contributed by atoms with van der Waals surface area (Å²) in [6.45, 7) is 8.88. The maximum absolute atomic E-state index is 10.0. The summed E-state index contributed by atoms with van der Waals surface area (Å²) in [5.41, 5.74) is 0. The van der Waals surface area contributed by atoms with Crippen molar-refractivity contribution < 1.29 is 19.3 Å². The molecule has 0 saturated carbocycles. The van der Waals surface area contributed by atoms with Crippen LogP contribution in [0.2, 0.25) is 0 Å². The summed E-state index contributed by atoms with van der Waals surface area (Å²) in [6, 6.07) is -0.579. The Morgan fingerprint density at radius 3 is 2.47 bits per heavy atom. The molecule has 1 rings (SSSR count). The molecule has 0 amide bonds. The summed E-state index contributed by atoms with van der Waals surface area (Å²) in [5.74, 6) is 0.403. The first-order chi connectivity index (χ1) is 7.91. The van der Waals surface area contributed by atoms with E-state index in [0.717, 1.165) is 0 Å². The molecule has 1 N–H and O–H groups in total. The minimum absolute atomic E-state index is 0.109. The molecule has 1 aliphatic rings. The zero-order chi connectivity index (χ0) is 13.0. The highest BCUT2D eigenvalue weighted by molar-refractivity contribution is 6.11. The predicted octanol–water partition coefficient (Wildman–Crippen LogP) is 0.707. The summed E-state index contributed by atoms with van der Waals surface area (Å²) >= 11 is 0. The number of aliphatic hydroxyl groups is 1. The van der Waals surface area contributed by atoms with Crippen molar-refractivity contribution in [2.75, 3.05) is 13.2 Å². The average Bonchev–Trinajstić information content (AvgIpc) is 2.48. The summed E-state index contributed by atoms with van der Waals surface area (Å²) < 4.78 is 16.4. The van der Waals surface area contributed by atoms with Gasteiger partial charge in [-0.05, 0) is 19.8 Å². The topological polar surface area (TPSA) is 47.9 Å². The second kappa shape index (κ2) is 6.73. The lowest BCUT2D eigenvalue weighted by Crippen LogP contribution is -2.37. The Morgan fingerprint density at radius 2 is 1.94 bits per heavy atom. The number of hydrogen-bond donors (Lipinski definition) is 1. The first kappa shape index (κ1) is 15.0. The smallest absolute Gasteiger partial charge is 0.112 e. The molecule has 0 spiro atoms. The van der Waals surface area contributed by atoms with Crippen LogP contribution in [0.3, 0.4) is 0 Å². The van der Waals surface area contributed by atoms with Crippen LogP contribution >= 0.6 is 0 Å². The Bertz CT molecular complexity index is 223. The zero-order valence-corrected chi connectivity index (χ0v) is 11.1. The normalized spacial score (nSPS) is 33.8. The van der Waals surface area contributed by atoms with E-state index in [-0.39, 0.29) is 6.10 Å². The van der Waals surface area contributed by atoms with E-state index in [0.29, 0.717) is 19.1 Å². The summed E-state index contributed by atoms with van der Waals surface area (Å²) in [4.78, 5) is 0. The van der Waals surface area contributed by atoms with Crippen LogP contribution in [-0.2, 0) is 14.2 Å². The Kier molecular flexibility index (Phi) is 5.93. The molecule has 0 aliphatic carbocycles. The fraction of sp³-hybridized carbons (Fsp3) is 1.00. The lowest BCUT2D eigenvalue weighted by molar-refractivity contribution is -0.0552. The van der Waals surface area contributed by atoms with Crippen LogP contribution in [0.25, 0.3) is 0 Å². The molecule has 4 nitrogen and oxygen atoms in total. The molecule has 1 heterocycles. The molecule has 2 radical (unpaired) electrons. The second-order valence-corrected chi connectivity index (χ2v) is 5.20. The molecule has 1 aliphatic heterocycles. The van der Waals surface area contributed by atoms with Gasteiger partial charge in [0.05, 0.1) is 12.7 Å². The minimum atomic E-state index is -0.720. The molecule has 0 aromatic carbocycles. The van der Waals surface area contributed by atoms with Crippen LogP contribution in [0.1, 0.15) is 27.7 Å². The van der Waals surface area contributed by atoms with E-state index in [1.807, 2.05) is 27.7 Å². The highest BCUT2D eigenvalue weighted by Crippen LogP contribution is 2.23. The van der Waals surface area contributed by atoms with Crippen LogP contribution in [0.15, 0.2) is 0 Å². The number of rotatable bonds is 6. The summed E-state index contributed by atoms with van der Waals surface area (Å²) in [5, 5.41) is 10.0. The highest BCUT2D eigenvalue weighted by atomic mass is 16.6. The van der Waals surface area contributed by atoms with Gasteiger partial charge in [0.1, 0.15) is 26.2 Å². The predicted molar refractivity (Wildman–Crippen MR) is 66.1 cm³/mol. The molecule has 5 heteroatoms. The van der Waals surface area contributed by atoms with Crippen LogP contribution in [0, 0.1) is 5.92 Å². The lowest BCUT2D eigenvalue weighted by atomic mass is 9.93. The second-order valence-electron chi connectivity index (χ2n) is 5.20. The standard InChI is InChI=1S/C12H23BO4/c1-7(2)5-16-11-10(14)9(17-12(11)13)6-15-8(3)4/h7-12,14H,5-6H2,1-4H3. The fourth-order valence-electron chi connectivity index (χ4n) is 1.69. The first-order valence-electron chi connectivity index (χ1n) is 6.24. The molecular weight excluding hydrogens is 219 g/mol. The Balaban J connectivity index is 2.41. The maximum atomic E-state index is 10.0. The van der Waals surface area contributed by atoms with Crippen LogP contribution in [0.5, 0.6) is 0 Å². The molecule has 0 bridgehead atoms. The van der Waals surface area contributed by atoms with Crippen molar-refractivity contribution in [3.63, 3.8) is 0 Å². The zero-order valence-electron chi connectivity index (χ0n) is 11.1. The largest absolute Gasteiger partial charge is 0.388 e. The minimum Gasteiger partial charge on any atom is -0.388 e. The van der Waals surface area contributed by atoms with Crippen LogP contribution in [-0.4, -0.2) is 56.6 Å². The Morgan fingerprint density at radius 1 is 1.29 bits per heavy atom. The van der Waals surface area contributed by atoms with E-state index in [1.54, 1.807) is 0 Å². The van der Waals surface area contributed by atoms with Gasteiger partial charge in [-0.25, -0.2) is 0 Å². The van der Waals surface area contributed by atoms with Gasteiger partial charge in [0.2, 0.25) is 0 Å². The van der Waals surface area contributed by atoms with Gasteiger partial charge < -0.3 is 19.3 Å². The molecular formula is C12H23BO4. The van der Waals surface area contributed by atoms with Gasteiger partial charge in [-0.2, -0.15) is 0 Å². The number of hydrogen-bond acceptors (Lipinski definition) is 4. The maximum Gasteiger partial charge on any atom is 0.112 e. The molecule has 4 unspecified atom stereocenters. The van der Waals surface area contributed by atoms with Crippen molar-refractivity contribution in [1.82, 2.24) is 0 Å². The summed E-state index contributed by atoms with van der Waals surface area (Å²) in [6.07, 6.45) is -1.47. The van der Waals surface area contributed by atoms with E-state index < -0.39 is 24.3 Å². The first-order valence-corrected chi connectivity index (χ1v) is 6.24. The van der Waals surface area contributed by atoms with Gasteiger partial charge in [-0.1, -0.05) is 13.8 Å². The molecule has 0 aromatic rings. The van der Waals surface area contributed by atoms with E-state index in [1.165, 1.54) is 0 Å². The van der Waals surface area contributed by atoms with Gasteiger partial charge in [-0.15, -0.1) is 0 Å². The number of aliphatic hydroxyl groups excluding tert-OH is 1. The monoisotopic (exact) mass is 242 g/mol. The van der Waals surface area contributed by atoms with Crippen LogP contribution in [0.4, 0.5) is 0 Å². The SMILES string of the molecule is [B]C1OC(COC(C)C)C(O)C1OCC(C)C. The van der Waals surface area contributed by atoms with Crippen LogP contribution < -0.4 is 0 Å². The Labute approximate surface area is 105 Å². The molecule has 17 heavy (non-hydrogen) atoms. The van der Waals surface area contributed by atoms with Crippen molar-refractivity contribution in [3.05, 3.63) is 0 Å². The number of ether oxygens (including phenoxy) is 3.